The van der Waals surface area contributed by atoms with Crippen LogP contribution in [0.3, 0.4) is 0 Å². The van der Waals surface area contributed by atoms with Crippen molar-refractivity contribution in [3.05, 3.63) is 235 Å². The molecule has 0 N–H and O–H groups in total. The minimum absolute atomic E-state index is 0.620. The van der Waals surface area contributed by atoms with Crippen molar-refractivity contribution in [1.29, 1.82) is 0 Å². The molecule has 10 aromatic rings. The molecule has 0 unspecified atom stereocenters. The number of fused-ring (bicyclic) bond motifs is 14. The van der Waals surface area contributed by atoms with Gasteiger partial charge in [0.05, 0.1) is 11.1 Å². The third-order valence-electron chi connectivity index (χ3n) is 12.3. The average molecular weight is 726 g/mol. The van der Waals surface area contributed by atoms with Crippen LogP contribution in [0.15, 0.2) is 212 Å². The number of hydrogen-bond acceptors (Lipinski definition) is 2. The molecule has 0 radical (unpaired) electrons. The monoisotopic (exact) mass is 725 g/mol. The van der Waals surface area contributed by atoms with E-state index in [9.17, 15) is 0 Å². The molecule has 57 heavy (non-hydrogen) atoms. The molecular formula is C55H35NO. The molecule has 12 rings (SSSR count). The van der Waals surface area contributed by atoms with Crippen molar-refractivity contribution >= 4 is 49.4 Å². The Morgan fingerprint density at radius 1 is 0.333 bits per heavy atom. The Kier molecular flexibility index (Phi) is 6.88. The van der Waals surface area contributed by atoms with E-state index in [1.165, 1.54) is 66.1 Å². The zero-order valence-electron chi connectivity index (χ0n) is 31.1. The van der Waals surface area contributed by atoms with Crippen LogP contribution in [0.5, 0.6) is 11.5 Å². The molecular weight excluding hydrogens is 691 g/mol. The lowest BCUT2D eigenvalue weighted by Gasteiger charge is -2.40. The predicted molar refractivity (Wildman–Crippen MR) is 236 cm³/mol. The van der Waals surface area contributed by atoms with Crippen molar-refractivity contribution in [3.8, 4) is 33.8 Å². The summed E-state index contributed by atoms with van der Waals surface area (Å²) in [7, 11) is 0. The third kappa shape index (κ3) is 4.53. The molecule has 1 heterocycles. The van der Waals surface area contributed by atoms with Crippen molar-refractivity contribution < 1.29 is 4.74 Å². The molecule has 1 aliphatic heterocycles. The fourth-order valence-corrected chi connectivity index (χ4v) is 9.89. The SMILES string of the molecule is c1ccc(N(c2ccc3ccccc3c2)c2ccccc2-c2cccc3c2-c2ccccc2C32c3ccc4ccccc4c3Oc3c2ccc2ccccc32)cc1. The van der Waals surface area contributed by atoms with Crippen LogP contribution in [0.2, 0.25) is 0 Å². The van der Waals surface area contributed by atoms with E-state index in [1.807, 2.05) is 0 Å². The number of benzene rings is 10. The van der Waals surface area contributed by atoms with Crippen molar-refractivity contribution in [2.75, 3.05) is 4.90 Å². The molecule has 0 fully saturated rings. The highest BCUT2D eigenvalue weighted by atomic mass is 16.5. The first kappa shape index (κ1) is 31.9. The van der Waals surface area contributed by atoms with Crippen molar-refractivity contribution in [2.45, 2.75) is 5.41 Å². The number of anilines is 3. The fraction of sp³-hybridized carbons (Fsp3) is 0.0182. The summed E-state index contributed by atoms with van der Waals surface area (Å²) >= 11 is 0. The van der Waals surface area contributed by atoms with E-state index in [4.69, 9.17) is 4.74 Å². The summed E-state index contributed by atoms with van der Waals surface area (Å²) in [6.07, 6.45) is 0. The van der Waals surface area contributed by atoms with Crippen LogP contribution >= 0.6 is 0 Å². The van der Waals surface area contributed by atoms with Gasteiger partial charge in [-0.1, -0.05) is 182 Å². The second-order valence-electron chi connectivity index (χ2n) is 15.2. The van der Waals surface area contributed by atoms with Gasteiger partial charge in [0.2, 0.25) is 0 Å². The smallest absolute Gasteiger partial charge is 0.140 e. The van der Waals surface area contributed by atoms with Gasteiger partial charge in [-0.05, 0) is 79.7 Å². The number of ether oxygens (including phenoxy) is 1. The first-order chi connectivity index (χ1) is 28.3. The lowest BCUT2D eigenvalue weighted by atomic mass is 9.65. The Bertz CT molecular complexity index is 3150. The minimum atomic E-state index is -0.620. The standard InChI is InChI=1S/C55H35NO/c1-2-19-40(20-3-1)56(41-32-29-36-15-4-5-18-39(36)35-41)51-28-13-11-23-44(51)45-25-14-27-48-52(45)46-24-10-12-26-47(46)55(48)49-33-30-37-16-6-8-21-42(37)53(49)57-54-43-22-9-7-17-38(43)31-34-50(54)55/h1-35H. The Morgan fingerprint density at radius 2 is 0.877 bits per heavy atom. The van der Waals surface area contributed by atoms with E-state index >= 15 is 0 Å². The van der Waals surface area contributed by atoms with Crippen molar-refractivity contribution in [1.82, 2.24) is 0 Å². The molecule has 2 nitrogen and oxygen atoms in total. The molecule has 10 aromatic carbocycles. The number of hydrogen-bond donors (Lipinski definition) is 0. The lowest BCUT2D eigenvalue weighted by molar-refractivity contribution is 0.447. The van der Waals surface area contributed by atoms with Gasteiger partial charge in [0.25, 0.3) is 0 Å². The fourth-order valence-electron chi connectivity index (χ4n) is 9.89. The summed E-state index contributed by atoms with van der Waals surface area (Å²) in [6, 6.07) is 77.5. The molecule has 2 aliphatic rings. The second-order valence-corrected chi connectivity index (χ2v) is 15.2. The summed E-state index contributed by atoms with van der Waals surface area (Å²) in [6.45, 7) is 0. The van der Waals surface area contributed by atoms with E-state index < -0.39 is 5.41 Å². The summed E-state index contributed by atoms with van der Waals surface area (Å²) in [5.41, 5.74) is 12.5. The van der Waals surface area contributed by atoms with Gasteiger partial charge in [0, 0.05) is 38.8 Å². The van der Waals surface area contributed by atoms with Crippen LogP contribution in [0, 0.1) is 0 Å². The maximum atomic E-state index is 7.21. The van der Waals surface area contributed by atoms with Gasteiger partial charge in [-0.25, -0.2) is 0 Å². The highest BCUT2D eigenvalue weighted by molar-refractivity contribution is 6.04. The van der Waals surface area contributed by atoms with Gasteiger partial charge in [-0.15, -0.1) is 0 Å². The Hall–Kier alpha value is -7.42. The average Bonchev–Trinajstić information content (AvgIpc) is 3.57. The predicted octanol–water partition coefficient (Wildman–Crippen LogP) is 14.8. The lowest BCUT2D eigenvalue weighted by Crippen LogP contribution is -2.32. The summed E-state index contributed by atoms with van der Waals surface area (Å²) in [5, 5.41) is 7.01. The van der Waals surface area contributed by atoms with Crippen LogP contribution in [0.1, 0.15) is 22.3 Å². The van der Waals surface area contributed by atoms with Crippen LogP contribution < -0.4 is 9.64 Å². The Balaban J connectivity index is 1.17. The van der Waals surface area contributed by atoms with E-state index in [0.29, 0.717) is 0 Å². The molecule has 0 saturated heterocycles. The third-order valence-corrected chi connectivity index (χ3v) is 12.3. The molecule has 0 aromatic heterocycles. The summed E-state index contributed by atoms with van der Waals surface area (Å²) in [5.74, 6) is 1.86. The number of para-hydroxylation sites is 2. The largest absolute Gasteiger partial charge is 0.455 e. The van der Waals surface area contributed by atoms with Gasteiger partial charge < -0.3 is 9.64 Å². The Morgan fingerprint density at radius 3 is 1.61 bits per heavy atom. The maximum Gasteiger partial charge on any atom is 0.140 e. The van der Waals surface area contributed by atoms with E-state index in [2.05, 4.69) is 217 Å². The van der Waals surface area contributed by atoms with E-state index in [1.54, 1.807) is 0 Å². The van der Waals surface area contributed by atoms with Crippen molar-refractivity contribution in [3.63, 3.8) is 0 Å². The van der Waals surface area contributed by atoms with Gasteiger partial charge >= 0.3 is 0 Å². The van der Waals surface area contributed by atoms with Gasteiger partial charge in [-0.3, -0.25) is 0 Å². The molecule has 1 aliphatic carbocycles. The van der Waals surface area contributed by atoms with Crippen molar-refractivity contribution in [2.24, 2.45) is 0 Å². The molecule has 1 spiro atoms. The van der Waals surface area contributed by atoms with Crippen LogP contribution in [0.4, 0.5) is 17.1 Å². The Labute approximate surface area is 331 Å². The quantitative estimate of drug-likeness (QED) is 0.179. The molecule has 0 saturated carbocycles. The molecule has 266 valence electrons. The molecule has 0 amide bonds. The summed E-state index contributed by atoms with van der Waals surface area (Å²) < 4.78 is 7.21. The zero-order chi connectivity index (χ0) is 37.5. The zero-order valence-corrected chi connectivity index (χ0v) is 31.1. The van der Waals surface area contributed by atoms with Gasteiger partial charge in [-0.2, -0.15) is 0 Å². The maximum absolute atomic E-state index is 7.21. The first-order valence-electron chi connectivity index (χ1n) is 19.7. The van der Waals surface area contributed by atoms with Gasteiger partial charge in [0.1, 0.15) is 11.5 Å². The molecule has 0 atom stereocenters. The summed E-state index contributed by atoms with van der Waals surface area (Å²) in [4.78, 5) is 2.41. The van der Waals surface area contributed by atoms with E-state index in [-0.39, 0.29) is 0 Å². The minimum Gasteiger partial charge on any atom is -0.455 e. The highest BCUT2D eigenvalue weighted by Crippen LogP contribution is 2.65. The van der Waals surface area contributed by atoms with Crippen LogP contribution in [0.25, 0.3) is 54.6 Å². The molecule has 2 heteroatoms. The van der Waals surface area contributed by atoms with Gasteiger partial charge in [0.15, 0.2) is 0 Å². The second kappa shape index (κ2) is 12.3. The van der Waals surface area contributed by atoms with Crippen LogP contribution in [-0.4, -0.2) is 0 Å². The normalized spacial score (nSPS) is 13.2. The topological polar surface area (TPSA) is 12.5 Å². The van der Waals surface area contributed by atoms with Crippen LogP contribution in [-0.2, 0) is 5.41 Å². The highest BCUT2D eigenvalue weighted by Gasteiger charge is 2.52. The number of rotatable bonds is 4. The molecule has 0 bridgehead atoms. The van der Waals surface area contributed by atoms with E-state index in [0.717, 1.165) is 39.3 Å². The first-order valence-corrected chi connectivity index (χ1v) is 19.7. The number of nitrogens with zero attached hydrogens (tertiary/aromatic N) is 1.